The number of ether oxygens (including phenoxy) is 1. The highest BCUT2D eigenvalue weighted by Gasteiger charge is 2.35. The lowest BCUT2D eigenvalue weighted by atomic mass is 9.96. The van der Waals surface area contributed by atoms with Crippen molar-refractivity contribution < 1.29 is 14.3 Å². The molecule has 1 atom stereocenters. The van der Waals surface area contributed by atoms with Crippen LogP contribution in [0.3, 0.4) is 0 Å². The molecular formula is C15H21NO3S2. The van der Waals surface area contributed by atoms with Gasteiger partial charge in [-0.1, -0.05) is 13.3 Å². The van der Waals surface area contributed by atoms with E-state index in [1.807, 2.05) is 24.8 Å². The Morgan fingerprint density at radius 1 is 1.48 bits per heavy atom. The number of hydrogen-bond acceptors (Lipinski definition) is 5. The van der Waals surface area contributed by atoms with Crippen LogP contribution in [-0.2, 0) is 21.7 Å². The molecule has 0 spiro atoms. The summed E-state index contributed by atoms with van der Waals surface area (Å²) < 4.78 is 4.83. The van der Waals surface area contributed by atoms with Crippen molar-refractivity contribution in [2.75, 3.05) is 12.9 Å². The van der Waals surface area contributed by atoms with Gasteiger partial charge in [0.1, 0.15) is 5.54 Å². The van der Waals surface area contributed by atoms with Crippen LogP contribution in [0.25, 0.3) is 0 Å². The van der Waals surface area contributed by atoms with Gasteiger partial charge < -0.3 is 10.1 Å². The highest BCUT2D eigenvalue weighted by molar-refractivity contribution is 7.98. The van der Waals surface area contributed by atoms with Gasteiger partial charge in [0.2, 0.25) is 0 Å². The Morgan fingerprint density at radius 3 is 2.86 bits per heavy atom. The smallest absolute Gasteiger partial charge is 0.331 e. The molecule has 2 heterocycles. The Kier molecular flexibility index (Phi) is 5.32. The monoisotopic (exact) mass is 327 g/mol. The van der Waals surface area contributed by atoms with Crippen LogP contribution in [0.5, 0.6) is 0 Å². The number of amides is 1. The van der Waals surface area contributed by atoms with E-state index in [9.17, 15) is 9.59 Å². The molecule has 0 fully saturated rings. The molecular weight excluding hydrogens is 306 g/mol. The summed E-state index contributed by atoms with van der Waals surface area (Å²) in [4.78, 5) is 26.4. The predicted octanol–water partition coefficient (Wildman–Crippen LogP) is 3.00. The van der Waals surface area contributed by atoms with Gasteiger partial charge in [-0.05, 0) is 37.1 Å². The third-order valence-electron chi connectivity index (χ3n) is 3.63. The van der Waals surface area contributed by atoms with Gasteiger partial charge in [-0.15, -0.1) is 11.3 Å². The van der Waals surface area contributed by atoms with Crippen molar-refractivity contribution in [1.29, 1.82) is 0 Å². The third kappa shape index (κ3) is 3.61. The molecule has 1 aliphatic rings. The minimum atomic E-state index is -0.959. The summed E-state index contributed by atoms with van der Waals surface area (Å²) in [5, 5.41) is 2.86. The summed E-state index contributed by atoms with van der Waals surface area (Å²) in [6.45, 7) is 3.71. The van der Waals surface area contributed by atoms with Crippen LogP contribution in [0.2, 0.25) is 0 Å². The Morgan fingerprint density at radius 2 is 2.24 bits per heavy atom. The van der Waals surface area contributed by atoms with E-state index in [0.29, 0.717) is 11.3 Å². The number of fused-ring (bicyclic) bond motifs is 1. The van der Waals surface area contributed by atoms with Gasteiger partial charge in [0.05, 0.1) is 12.0 Å². The maximum Gasteiger partial charge on any atom is 0.331 e. The van der Waals surface area contributed by atoms with E-state index in [1.54, 1.807) is 18.3 Å². The quantitative estimate of drug-likeness (QED) is 0.845. The molecule has 1 aromatic rings. The van der Waals surface area contributed by atoms with Crippen LogP contribution >= 0.6 is 23.1 Å². The van der Waals surface area contributed by atoms with Crippen molar-refractivity contribution in [3.63, 3.8) is 0 Å². The van der Waals surface area contributed by atoms with Crippen LogP contribution < -0.4 is 5.32 Å². The lowest BCUT2D eigenvalue weighted by Crippen LogP contribution is -2.52. The Labute approximate surface area is 133 Å². The normalized spacial score (nSPS) is 16.7. The lowest BCUT2D eigenvalue weighted by molar-refractivity contribution is -0.147. The fourth-order valence-corrected chi connectivity index (χ4v) is 4.78. The van der Waals surface area contributed by atoms with E-state index in [4.69, 9.17) is 4.74 Å². The molecule has 116 valence electrons. The molecule has 0 saturated carbocycles. The van der Waals surface area contributed by atoms with Gasteiger partial charge in [0, 0.05) is 10.6 Å². The van der Waals surface area contributed by atoms with Crippen LogP contribution in [0, 0.1) is 0 Å². The highest BCUT2D eigenvalue weighted by atomic mass is 32.2. The van der Waals surface area contributed by atoms with Crippen molar-refractivity contribution in [3.8, 4) is 0 Å². The summed E-state index contributed by atoms with van der Waals surface area (Å²) in [6, 6.07) is 1.96. The zero-order valence-electron chi connectivity index (χ0n) is 12.7. The Bertz CT molecular complexity index is 518. The third-order valence-corrected chi connectivity index (χ3v) is 5.87. The number of nitrogens with one attached hydrogen (secondary N) is 1. The van der Waals surface area contributed by atoms with Crippen LogP contribution in [-0.4, -0.2) is 30.3 Å². The topological polar surface area (TPSA) is 55.4 Å². The maximum absolute atomic E-state index is 12.5. The van der Waals surface area contributed by atoms with E-state index in [-0.39, 0.29) is 5.91 Å². The molecule has 4 nitrogen and oxygen atoms in total. The number of thiophene rings is 1. The van der Waals surface area contributed by atoms with E-state index in [2.05, 4.69) is 5.32 Å². The fraction of sp³-hybridized carbons (Fsp3) is 0.600. The molecule has 1 aliphatic heterocycles. The summed E-state index contributed by atoms with van der Waals surface area (Å²) >= 11 is 3.44. The van der Waals surface area contributed by atoms with E-state index >= 15 is 0 Å². The number of esters is 1. The average molecular weight is 327 g/mol. The molecule has 0 saturated heterocycles. The fourth-order valence-electron chi connectivity index (χ4n) is 2.51. The lowest BCUT2D eigenvalue weighted by Gasteiger charge is -2.27. The number of thioether (sulfide) groups is 1. The van der Waals surface area contributed by atoms with Gasteiger partial charge in [0.25, 0.3) is 5.91 Å². The van der Waals surface area contributed by atoms with Crippen LogP contribution in [0.15, 0.2) is 6.07 Å². The second-order valence-electron chi connectivity index (χ2n) is 5.39. The van der Waals surface area contributed by atoms with Gasteiger partial charge in [-0.2, -0.15) is 11.8 Å². The van der Waals surface area contributed by atoms with Gasteiger partial charge in [0.15, 0.2) is 0 Å². The standard InChI is InChI=1S/C15H21NO3S2/c1-4-6-15(2,14(18)19-3)16-13(17)12-8-10-9-20-7-5-11(10)21-12/h8H,4-7,9H2,1-3H3,(H,16,17). The molecule has 1 amide bonds. The first-order valence-electron chi connectivity index (χ1n) is 7.10. The first kappa shape index (κ1) is 16.4. The second kappa shape index (κ2) is 6.83. The van der Waals surface area contributed by atoms with Crippen molar-refractivity contribution >= 4 is 35.0 Å². The van der Waals surface area contributed by atoms with Crippen molar-refractivity contribution in [2.24, 2.45) is 0 Å². The predicted molar refractivity (Wildman–Crippen MR) is 87.0 cm³/mol. The molecule has 1 unspecified atom stereocenters. The number of aryl methyl sites for hydroxylation is 1. The number of carbonyl (C=O) groups is 2. The van der Waals surface area contributed by atoms with Crippen LogP contribution in [0.4, 0.5) is 0 Å². The second-order valence-corrected chi connectivity index (χ2v) is 7.63. The summed E-state index contributed by atoms with van der Waals surface area (Å²) in [6.07, 6.45) is 2.39. The summed E-state index contributed by atoms with van der Waals surface area (Å²) in [7, 11) is 1.35. The van der Waals surface area contributed by atoms with Crippen LogP contribution in [0.1, 0.15) is 46.8 Å². The molecule has 2 rings (SSSR count). The van der Waals surface area contributed by atoms with E-state index in [0.717, 1.165) is 24.3 Å². The van der Waals surface area contributed by atoms with E-state index < -0.39 is 11.5 Å². The molecule has 0 aromatic carbocycles. The Hall–Kier alpha value is -1.01. The molecule has 0 radical (unpaired) electrons. The van der Waals surface area contributed by atoms with Crippen molar-refractivity contribution in [1.82, 2.24) is 5.32 Å². The summed E-state index contributed by atoms with van der Waals surface area (Å²) in [5.41, 5.74) is 0.302. The molecule has 21 heavy (non-hydrogen) atoms. The number of rotatable bonds is 5. The number of hydrogen-bond donors (Lipinski definition) is 1. The largest absolute Gasteiger partial charge is 0.467 e. The van der Waals surface area contributed by atoms with Gasteiger partial charge in [-0.25, -0.2) is 4.79 Å². The number of carbonyl (C=O) groups excluding carboxylic acids is 2. The minimum absolute atomic E-state index is 0.180. The first-order chi connectivity index (χ1) is 10.00. The Balaban J connectivity index is 2.15. The van der Waals surface area contributed by atoms with Crippen molar-refractivity contribution in [3.05, 3.63) is 21.4 Å². The molecule has 0 aliphatic carbocycles. The zero-order valence-corrected chi connectivity index (χ0v) is 14.3. The summed E-state index contributed by atoms with van der Waals surface area (Å²) in [5.74, 6) is 1.52. The van der Waals surface area contributed by atoms with Crippen molar-refractivity contribution in [2.45, 2.75) is 44.4 Å². The SMILES string of the molecule is CCCC(C)(NC(=O)c1cc2c(s1)CCSC2)C(=O)OC. The van der Waals surface area contributed by atoms with Gasteiger partial charge >= 0.3 is 5.97 Å². The molecule has 1 N–H and O–H groups in total. The maximum atomic E-state index is 12.5. The van der Waals surface area contributed by atoms with E-state index in [1.165, 1.54) is 17.6 Å². The van der Waals surface area contributed by atoms with Gasteiger partial charge in [-0.3, -0.25) is 4.79 Å². The highest BCUT2D eigenvalue weighted by Crippen LogP contribution is 2.32. The molecule has 6 heteroatoms. The average Bonchev–Trinajstić information content (AvgIpc) is 2.90. The number of methoxy groups -OCH3 is 1. The zero-order chi connectivity index (χ0) is 15.5. The molecule has 0 bridgehead atoms. The molecule has 1 aromatic heterocycles. The minimum Gasteiger partial charge on any atom is -0.467 e. The first-order valence-corrected chi connectivity index (χ1v) is 9.07.